The van der Waals surface area contributed by atoms with Crippen LogP contribution in [0.15, 0.2) is 85.3 Å². The number of amides is 2. The number of likely N-dealkylation sites (tertiary alicyclic amines) is 1. The Kier molecular flexibility index (Phi) is 7.09. The van der Waals surface area contributed by atoms with Crippen LogP contribution in [0.5, 0.6) is 0 Å². The first kappa shape index (κ1) is 23.8. The Morgan fingerprint density at radius 2 is 1.64 bits per heavy atom. The predicted molar refractivity (Wildman–Crippen MR) is 139 cm³/mol. The summed E-state index contributed by atoms with van der Waals surface area (Å²) in [6, 6.07) is 20.8. The molecule has 0 radical (unpaired) electrons. The highest BCUT2D eigenvalue weighted by Gasteiger charge is 2.25. The van der Waals surface area contributed by atoms with Crippen LogP contribution >= 0.6 is 11.6 Å². The highest BCUT2D eigenvalue weighted by molar-refractivity contribution is 6.30. The molecule has 2 aromatic carbocycles. The normalized spacial score (nSPS) is 14.0. The Hall–Kier alpha value is -3.97. The summed E-state index contributed by atoms with van der Waals surface area (Å²) < 4.78 is 1.80. The van der Waals surface area contributed by atoms with Crippen LogP contribution in [-0.4, -0.2) is 50.6 Å². The number of rotatable bonds is 6. The molecule has 1 N–H and O–H groups in total. The summed E-state index contributed by atoms with van der Waals surface area (Å²) in [7, 11) is 0. The molecule has 0 atom stereocenters. The van der Waals surface area contributed by atoms with Gasteiger partial charge in [0.25, 0.3) is 5.91 Å². The molecule has 0 unspecified atom stereocenters. The zero-order valence-electron chi connectivity index (χ0n) is 19.7. The maximum absolute atomic E-state index is 13.0. The van der Waals surface area contributed by atoms with E-state index in [0.717, 1.165) is 35.3 Å². The van der Waals surface area contributed by atoms with Crippen molar-refractivity contribution in [2.45, 2.75) is 25.3 Å². The van der Waals surface area contributed by atoms with Crippen LogP contribution in [0.3, 0.4) is 0 Å². The van der Waals surface area contributed by atoms with Crippen LogP contribution in [0.4, 0.5) is 0 Å². The predicted octanol–water partition coefficient (Wildman–Crippen LogP) is 4.55. The van der Waals surface area contributed by atoms with Gasteiger partial charge in [0.1, 0.15) is 0 Å². The molecule has 0 aliphatic carbocycles. The van der Waals surface area contributed by atoms with Gasteiger partial charge in [-0.2, -0.15) is 5.10 Å². The second kappa shape index (κ2) is 10.7. The van der Waals surface area contributed by atoms with Crippen molar-refractivity contribution < 1.29 is 9.59 Å². The van der Waals surface area contributed by atoms with Gasteiger partial charge in [-0.3, -0.25) is 14.6 Å². The molecule has 1 saturated heterocycles. The standard InChI is InChI=1S/C28H26ClN5O2/c29-23-8-6-20(7-9-23)27-22(19-34(32-27)25-4-2-1-3-5-25)18-26(35)31-24-12-16-33(17-13-24)28(36)21-10-14-30-15-11-21/h1-11,14-15,19,24H,12-13,16-18H2,(H,31,35). The molecule has 0 saturated carbocycles. The number of hydrogen-bond donors (Lipinski definition) is 1. The number of halogens is 1. The number of para-hydroxylation sites is 1. The van der Waals surface area contributed by atoms with Crippen molar-refractivity contribution in [2.24, 2.45) is 0 Å². The molecule has 4 aromatic rings. The van der Waals surface area contributed by atoms with Gasteiger partial charge in [0, 0.05) is 59.4 Å². The summed E-state index contributed by atoms with van der Waals surface area (Å²) >= 11 is 6.08. The van der Waals surface area contributed by atoms with Gasteiger partial charge in [0.15, 0.2) is 0 Å². The zero-order valence-corrected chi connectivity index (χ0v) is 20.4. The minimum Gasteiger partial charge on any atom is -0.353 e. The Labute approximate surface area is 214 Å². The van der Waals surface area contributed by atoms with Crippen molar-refractivity contribution >= 4 is 23.4 Å². The van der Waals surface area contributed by atoms with Gasteiger partial charge in [-0.25, -0.2) is 4.68 Å². The van der Waals surface area contributed by atoms with Crippen molar-refractivity contribution in [2.75, 3.05) is 13.1 Å². The van der Waals surface area contributed by atoms with E-state index in [9.17, 15) is 9.59 Å². The van der Waals surface area contributed by atoms with E-state index in [4.69, 9.17) is 16.7 Å². The van der Waals surface area contributed by atoms with E-state index in [2.05, 4.69) is 10.3 Å². The number of benzene rings is 2. The fourth-order valence-corrected chi connectivity index (χ4v) is 4.58. The molecule has 7 nitrogen and oxygen atoms in total. The van der Waals surface area contributed by atoms with E-state index >= 15 is 0 Å². The average Bonchev–Trinajstić information content (AvgIpc) is 3.33. The van der Waals surface area contributed by atoms with E-state index in [-0.39, 0.29) is 24.3 Å². The lowest BCUT2D eigenvalue weighted by Gasteiger charge is -2.32. The van der Waals surface area contributed by atoms with Crippen molar-refractivity contribution in [3.8, 4) is 16.9 Å². The van der Waals surface area contributed by atoms with Crippen LogP contribution in [0.25, 0.3) is 16.9 Å². The number of carbonyl (C=O) groups excluding carboxylic acids is 2. The second-order valence-corrected chi connectivity index (χ2v) is 9.27. The van der Waals surface area contributed by atoms with Crippen molar-refractivity contribution in [3.05, 3.63) is 101 Å². The molecule has 1 aliphatic rings. The molecule has 5 rings (SSSR count). The number of hydrogen-bond acceptors (Lipinski definition) is 4. The average molecular weight is 500 g/mol. The van der Waals surface area contributed by atoms with Crippen molar-refractivity contribution in [3.63, 3.8) is 0 Å². The number of aromatic nitrogens is 3. The number of piperidine rings is 1. The van der Waals surface area contributed by atoms with Gasteiger partial charge in [-0.15, -0.1) is 0 Å². The fourth-order valence-electron chi connectivity index (χ4n) is 4.46. The molecule has 1 fully saturated rings. The molecule has 0 spiro atoms. The summed E-state index contributed by atoms with van der Waals surface area (Å²) in [5.74, 6) is -0.0557. The maximum atomic E-state index is 13.0. The number of pyridine rings is 1. The summed E-state index contributed by atoms with van der Waals surface area (Å²) in [4.78, 5) is 31.5. The van der Waals surface area contributed by atoms with Crippen LogP contribution < -0.4 is 5.32 Å². The number of nitrogens with one attached hydrogen (secondary N) is 1. The molecular formula is C28H26ClN5O2. The molecule has 1 aliphatic heterocycles. The van der Waals surface area contributed by atoms with Gasteiger partial charge >= 0.3 is 0 Å². The van der Waals surface area contributed by atoms with Crippen LogP contribution in [0.2, 0.25) is 5.02 Å². The molecule has 36 heavy (non-hydrogen) atoms. The van der Waals surface area contributed by atoms with Gasteiger partial charge in [0.05, 0.1) is 17.8 Å². The molecule has 8 heteroatoms. The quantitative estimate of drug-likeness (QED) is 0.422. The topological polar surface area (TPSA) is 80.1 Å². The molecule has 182 valence electrons. The number of nitrogens with zero attached hydrogens (tertiary/aromatic N) is 4. The zero-order chi connectivity index (χ0) is 24.9. The largest absolute Gasteiger partial charge is 0.353 e. The third-order valence-electron chi connectivity index (χ3n) is 6.35. The van der Waals surface area contributed by atoms with Gasteiger partial charge in [0.2, 0.25) is 5.91 Å². The lowest BCUT2D eigenvalue weighted by molar-refractivity contribution is -0.121. The summed E-state index contributed by atoms with van der Waals surface area (Å²) in [5, 5.41) is 8.59. The van der Waals surface area contributed by atoms with Gasteiger partial charge in [-0.1, -0.05) is 41.9 Å². The summed E-state index contributed by atoms with van der Waals surface area (Å²) in [6.07, 6.45) is 6.80. The lowest BCUT2D eigenvalue weighted by atomic mass is 10.0. The van der Waals surface area contributed by atoms with Crippen molar-refractivity contribution in [1.82, 2.24) is 25.0 Å². The Bertz CT molecular complexity index is 1330. The maximum Gasteiger partial charge on any atom is 0.253 e. The molecule has 2 aromatic heterocycles. The Morgan fingerprint density at radius 1 is 0.944 bits per heavy atom. The Balaban J connectivity index is 1.26. The first-order valence-electron chi connectivity index (χ1n) is 12.0. The molecular weight excluding hydrogens is 474 g/mol. The number of carbonyl (C=O) groups is 2. The first-order valence-corrected chi connectivity index (χ1v) is 12.3. The second-order valence-electron chi connectivity index (χ2n) is 8.84. The van der Waals surface area contributed by atoms with E-state index in [1.165, 1.54) is 0 Å². The molecule has 0 bridgehead atoms. The highest BCUT2D eigenvalue weighted by atomic mass is 35.5. The smallest absolute Gasteiger partial charge is 0.253 e. The van der Waals surface area contributed by atoms with E-state index in [1.54, 1.807) is 29.2 Å². The minimum absolute atomic E-state index is 0.00288. The van der Waals surface area contributed by atoms with E-state index < -0.39 is 0 Å². The molecule has 2 amide bonds. The van der Waals surface area contributed by atoms with Crippen LogP contribution in [0.1, 0.15) is 28.8 Å². The van der Waals surface area contributed by atoms with Gasteiger partial charge < -0.3 is 10.2 Å². The SMILES string of the molecule is O=C(Cc1cn(-c2ccccc2)nc1-c1ccc(Cl)cc1)NC1CCN(C(=O)c2ccncc2)CC1. The van der Waals surface area contributed by atoms with Gasteiger partial charge in [-0.05, 0) is 49.2 Å². The van der Waals surface area contributed by atoms with E-state index in [1.807, 2.05) is 65.7 Å². The van der Waals surface area contributed by atoms with Crippen LogP contribution in [0, 0.1) is 0 Å². The third-order valence-corrected chi connectivity index (χ3v) is 6.61. The molecule has 3 heterocycles. The fraction of sp³-hybridized carbons (Fsp3) is 0.214. The minimum atomic E-state index is -0.0586. The summed E-state index contributed by atoms with van der Waals surface area (Å²) in [6.45, 7) is 1.21. The van der Waals surface area contributed by atoms with E-state index in [0.29, 0.717) is 23.7 Å². The highest BCUT2D eigenvalue weighted by Crippen LogP contribution is 2.26. The van der Waals surface area contributed by atoms with Crippen LogP contribution in [-0.2, 0) is 11.2 Å². The lowest BCUT2D eigenvalue weighted by Crippen LogP contribution is -2.46. The first-order chi connectivity index (χ1) is 17.6. The third kappa shape index (κ3) is 5.47. The monoisotopic (exact) mass is 499 g/mol. The van der Waals surface area contributed by atoms with Crippen molar-refractivity contribution in [1.29, 1.82) is 0 Å². The summed E-state index contributed by atoms with van der Waals surface area (Å²) in [5.41, 5.74) is 4.05. The Morgan fingerprint density at radius 3 is 2.33 bits per heavy atom.